The maximum Gasteiger partial charge on any atom is 0.129 e. The van der Waals surface area contributed by atoms with E-state index < -0.39 is 11.6 Å². The first kappa shape index (κ1) is 14.4. The van der Waals surface area contributed by atoms with Crippen LogP contribution < -0.4 is 11.3 Å². The number of rotatable bonds is 5. The second-order valence-corrected chi connectivity index (χ2v) is 5.52. The van der Waals surface area contributed by atoms with Crippen molar-refractivity contribution in [1.29, 1.82) is 0 Å². The lowest BCUT2D eigenvalue weighted by atomic mass is 9.91. The van der Waals surface area contributed by atoms with Crippen molar-refractivity contribution in [2.45, 2.75) is 45.1 Å². The predicted molar refractivity (Wildman–Crippen MR) is 72.3 cm³/mol. The average molecular weight is 268 g/mol. The Bertz CT molecular complexity index is 402. The van der Waals surface area contributed by atoms with Gasteiger partial charge in [0, 0.05) is 11.6 Å². The fourth-order valence-electron chi connectivity index (χ4n) is 3.16. The molecule has 1 aliphatic rings. The standard InChI is InChI=1S/C15H22F2N2/c1-2-10-6-7-11(8-10)15(19-18)9-12-13(16)4-3-5-14(12)17/h3-5,10-11,15,19H,2,6-9,18H2,1H3. The van der Waals surface area contributed by atoms with Crippen LogP contribution in [0.3, 0.4) is 0 Å². The van der Waals surface area contributed by atoms with Gasteiger partial charge in [-0.25, -0.2) is 8.78 Å². The molecule has 1 saturated carbocycles. The van der Waals surface area contributed by atoms with Gasteiger partial charge in [0.15, 0.2) is 0 Å². The first-order valence-electron chi connectivity index (χ1n) is 7.04. The highest BCUT2D eigenvalue weighted by Gasteiger charge is 2.30. The third kappa shape index (κ3) is 3.31. The Hall–Kier alpha value is -1.00. The minimum atomic E-state index is -0.481. The van der Waals surface area contributed by atoms with E-state index in [0.29, 0.717) is 12.3 Å². The zero-order valence-corrected chi connectivity index (χ0v) is 11.3. The van der Waals surface area contributed by atoms with Crippen molar-refractivity contribution in [3.05, 3.63) is 35.4 Å². The molecule has 0 saturated heterocycles. The predicted octanol–water partition coefficient (Wildman–Crippen LogP) is 3.17. The van der Waals surface area contributed by atoms with Gasteiger partial charge in [0.2, 0.25) is 0 Å². The summed E-state index contributed by atoms with van der Waals surface area (Å²) >= 11 is 0. The second-order valence-electron chi connectivity index (χ2n) is 5.52. The molecule has 2 nitrogen and oxygen atoms in total. The van der Waals surface area contributed by atoms with Crippen LogP contribution in [0.5, 0.6) is 0 Å². The summed E-state index contributed by atoms with van der Waals surface area (Å²) in [6, 6.07) is 3.94. The zero-order valence-electron chi connectivity index (χ0n) is 11.3. The van der Waals surface area contributed by atoms with Gasteiger partial charge in [-0.2, -0.15) is 0 Å². The Kier molecular flexibility index (Phi) is 4.88. The maximum absolute atomic E-state index is 13.7. The van der Waals surface area contributed by atoms with Crippen LogP contribution in [0.1, 0.15) is 38.2 Å². The molecule has 0 heterocycles. The Morgan fingerprint density at radius 3 is 2.53 bits per heavy atom. The largest absolute Gasteiger partial charge is 0.271 e. The lowest BCUT2D eigenvalue weighted by Gasteiger charge is -2.23. The molecule has 1 aromatic rings. The molecule has 3 N–H and O–H groups in total. The van der Waals surface area contributed by atoms with E-state index in [4.69, 9.17) is 5.84 Å². The van der Waals surface area contributed by atoms with Crippen molar-refractivity contribution in [2.75, 3.05) is 0 Å². The number of hydrogen-bond acceptors (Lipinski definition) is 2. The molecule has 1 fully saturated rings. The van der Waals surface area contributed by atoms with Crippen LogP contribution in [0.4, 0.5) is 8.78 Å². The van der Waals surface area contributed by atoms with Crippen LogP contribution >= 0.6 is 0 Å². The first-order valence-corrected chi connectivity index (χ1v) is 7.04. The van der Waals surface area contributed by atoms with E-state index in [1.165, 1.54) is 31.0 Å². The zero-order chi connectivity index (χ0) is 13.8. The molecule has 0 aliphatic heterocycles. The topological polar surface area (TPSA) is 38.0 Å². The summed E-state index contributed by atoms with van der Waals surface area (Å²) in [5, 5.41) is 0. The molecule has 1 aromatic carbocycles. The third-order valence-corrected chi connectivity index (χ3v) is 4.43. The van der Waals surface area contributed by atoms with Gasteiger partial charge in [-0.05, 0) is 43.2 Å². The van der Waals surface area contributed by atoms with Gasteiger partial charge in [-0.15, -0.1) is 0 Å². The summed E-state index contributed by atoms with van der Waals surface area (Å²) in [6.07, 6.45) is 4.86. The normalized spacial score (nSPS) is 24.6. The Morgan fingerprint density at radius 2 is 2.00 bits per heavy atom. The molecular formula is C15H22F2N2. The lowest BCUT2D eigenvalue weighted by molar-refractivity contribution is 0.341. The van der Waals surface area contributed by atoms with E-state index in [1.54, 1.807) is 0 Å². The van der Waals surface area contributed by atoms with Crippen molar-refractivity contribution < 1.29 is 8.78 Å². The molecule has 106 valence electrons. The van der Waals surface area contributed by atoms with Crippen molar-refractivity contribution >= 4 is 0 Å². The molecular weight excluding hydrogens is 246 g/mol. The molecule has 0 aromatic heterocycles. The summed E-state index contributed by atoms with van der Waals surface area (Å²) in [6.45, 7) is 2.19. The summed E-state index contributed by atoms with van der Waals surface area (Å²) in [5.41, 5.74) is 2.90. The Balaban J connectivity index is 2.07. The van der Waals surface area contributed by atoms with Gasteiger partial charge in [0.05, 0.1) is 0 Å². The minimum absolute atomic E-state index is 0.0528. The van der Waals surface area contributed by atoms with Crippen LogP contribution in [0.25, 0.3) is 0 Å². The van der Waals surface area contributed by atoms with Crippen LogP contribution in [-0.4, -0.2) is 6.04 Å². The monoisotopic (exact) mass is 268 g/mol. The lowest BCUT2D eigenvalue weighted by Crippen LogP contribution is -2.42. The molecule has 0 bridgehead atoms. The molecule has 1 aliphatic carbocycles. The van der Waals surface area contributed by atoms with E-state index in [9.17, 15) is 8.78 Å². The third-order valence-electron chi connectivity index (χ3n) is 4.43. The molecule has 2 rings (SSSR count). The average Bonchev–Trinajstić information content (AvgIpc) is 2.87. The number of hydrazine groups is 1. The van der Waals surface area contributed by atoms with Crippen molar-refractivity contribution in [3.8, 4) is 0 Å². The van der Waals surface area contributed by atoms with Gasteiger partial charge in [-0.3, -0.25) is 11.3 Å². The summed E-state index contributed by atoms with van der Waals surface area (Å²) < 4.78 is 27.3. The van der Waals surface area contributed by atoms with Gasteiger partial charge < -0.3 is 0 Å². The molecule has 0 amide bonds. The van der Waals surface area contributed by atoms with E-state index in [2.05, 4.69) is 12.3 Å². The smallest absolute Gasteiger partial charge is 0.129 e. The second kappa shape index (κ2) is 6.44. The van der Waals surface area contributed by atoms with Crippen LogP contribution in [0.15, 0.2) is 18.2 Å². The Labute approximate surface area is 113 Å². The Morgan fingerprint density at radius 1 is 1.32 bits per heavy atom. The number of halogens is 2. The first-order chi connectivity index (χ1) is 9.15. The number of hydrogen-bond donors (Lipinski definition) is 2. The number of nitrogens with one attached hydrogen (secondary N) is 1. The van der Waals surface area contributed by atoms with Crippen LogP contribution in [0, 0.1) is 23.5 Å². The van der Waals surface area contributed by atoms with E-state index >= 15 is 0 Å². The van der Waals surface area contributed by atoms with Crippen LogP contribution in [0.2, 0.25) is 0 Å². The molecule has 3 unspecified atom stereocenters. The van der Waals surface area contributed by atoms with Crippen molar-refractivity contribution in [1.82, 2.24) is 5.43 Å². The number of benzene rings is 1. The summed E-state index contributed by atoms with van der Waals surface area (Å²) in [7, 11) is 0. The summed E-state index contributed by atoms with van der Waals surface area (Å²) in [5.74, 6) is 5.77. The van der Waals surface area contributed by atoms with E-state index in [1.807, 2.05) is 0 Å². The van der Waals surface area contributed by atoms with Gasteiger partial charge in [-0.1, -0.05) is 25.8 Å². The van der Waals surface area contributed by atoms with Crippen LogP contribution in [-0.2, 0) is 6.42 Å². The minimum Gasteiger partial charge on any atom is -0.271 e. The molecule has 0 spiro atoms. The highest BCUT2D eigenvalue weighted by molar-refractivity contribution is 5.21. The number of nitrogens with two attached hydrogens (primary N) is 1. The molecule has 3 atom stereocenters. The SMILES string of the molecule is CCC1CCC(C(Cc2c(F)cccc2F)NN)C1. The fourth-order valence-corrected chi connectivity index (χ4v) is 3.16. The van der Waals surface area contributed by atoms with Crippen molar-refractivity contribution in [2.24, 2.45) is 17.7 Å². The van der Waals surface area contributed by atoms with E-state index in [-0.39, 0.29) is 11.6 Å². The highest BCUT2D eigenvalue weighted by Crippen LogP contribution is 2.35. The van der Waals surface area contributed by atoms with Gasteiger partial charge >= 0.3 is 0 Å². The fraction of sp³-hybridized carbons (Fsp3) is 0.600. The quantitative estimate of drug-likeness (QED) is 0.636. The van der Waals surface area contributed by atoms with Gasteiger partial charge in [0.25, 0.3) is 0 Å². The molecule has 19 heavy (non-hydrogen) atoms. The van der Waals surface area contributed by atoms with E-state index in [0.717, 1.165) is 18.8 Å². The molecule has 0 radical (unpaired) electrons. The maximum atomic E-state index is 13.7. The summed E-state index contributed by atoms with van der Waals surface area (Å²) in [4.78, 5) is 0. The highest BCUT2D eigenvalue weighted by atomic mass is 19.1. The van der Waals surface area contributed by atoms with Crippen molar-refractivity contribution in [3.63, 3.8) is 0 Å². The molecule has 4 heteroatoms. The van der Waals surface area contributed by atoms with Gasteiger partial charge in [0.1, 0.15) is 11.6 Å².